The van der Waals surface area contributed by atoms with Crippen LogP contribution >= 0.6 is 11.3 Å². The highest BCUT2D eigenvalue weighted by Crippen LogP contribution is 2.43. The van der Waals surface area contributed by atoms with Gasteiger partial charge in [-0.2, -0.15) is 0 Å². The Bertz CT molecular complexity index is 457. The molecular weight excluding hydrogens is 278 g/mol. The first-order valence-corrected chi connectivity index (χ1v) is 7.59. The number of nitrogens with one attached hydrogen (secondary N) is 2. The zero-order valence-electron chi connectivity index (χ0n) is 11.2. The standard InChI is InChI=1S/C13H19N3O3S/c17-11(18)8-13(3-1-4-13)9-16-12(19)15-5-2-10-14-6-7-20-10/h6-7H,1-5,8-9H2,(H,17,18)(H2,15,16,19). The highest BCUT2D eigenvalue weighted by molar-refractivity contribution is 7.09. The second-order valence-corrected chi connectivity index (χ2v) is 6.19. The van der Waals surface area contributed by atoms with Crippen molar-refractivity contribution in [2.45, 2.75) is 32.1 Å². The van der Waals surface area contributed by atoms with Crippen LogP contribution in [-0.2, 0) is 11.2 Å². The molecule has 0 spiro atoms. The average Bonchev–Trinajstić information content (AvgIpc) is 2.85. The van der Waals surface area contributed by atoms with Crippen molar-refractivity contribution in [1.82, 2.24) is 15.6 Å². The van der Waals surface area contributed by atoms with Crippen LogP contribution in [0, 0.1) is 5.41 Å². The summed E-state index contributed by atoms with van der Waals surface area (Å²) in [6.07, 6.45) is 5.38. The molecule has 6 nitrogen and oxygen atoms in total. The van der Waals surface area contributed by atoms with Crippen molar-refractivity contribution in [1.29, 1.82) is 0 Å². The number of carbonyl (C=O) groups is 2. The molecule has 0 aliphatic heterocycles. The van der Waals surface area contributed by atoms with Gasteiger partial charge < -0.3 is 15.7 Å². The van der Waals surface area contributed by atoms with Gasteiger partial charge in [-0.05, 0) is 18.3 Å². The summed E-state index contributed by atoms with van der Waals surface area (Å²) in [5.41, 5.74) is -0.238. The van der Waals surface area contributed by atoms with Gasteiger partial charge in [-0.25, -0.2) is 9.78 Å². The van der Waals surface area contributed by atoms with E-state index >= 15 is 0 Å². The first-order valence-electron chi connectivity index (χ1n) is 6.72. The van der Waals surface area contributed by atoms with Crippen molar-refractivity contribution in [3.8, 4) is 0 Å². The van der Waals surface area contributed by atoms with Crippen molar-refractivity contribution in [3.05, 3.63) is 16.6 Å². The minimum absolute atomic E-state index is 0.131. The SMILES string of the molecule is O=C(O)CC1(CNC(=O)NCCc2nccs2)CCC1. The van der Waals surface area contributed by atoms with E-state index < -0.39 is 5.97 Å². The predicted molar refractivity (Wildman–Crippen MR) is 75.8 cm³/mol. The molecule has 0 aromatic carbocycles. The van der Waals surface area contributed by atoms with Crippen LogP contribution in [0.5, 0.6) is 0 Å². The molecule has 1 aromatic heterocycles. The molecule has 0 atom stereocenters. The van der Waals surface area contributed by atoms with Gasteiger partial charge in [0, 0.05) is 31.1 Å². The van der Waals surface area contributed by atoms with E-state index in [1.807, 2.05) is 5.38 Å². The van der Waals surface area contributed by atoms with Crippen LogP contribution in [-0.4, -0.2) is 35.2 Å². The van der Waals surface area contributed by atoms with Gasteiger partial charge in [-0.1, -0.05) is 6.42 Å². The Hall–Kier alpha value is -1.63. The Morgan fingerprint density at radius 1 is 1.40 bits per heavy atom. The Morgan fingerprint density at radius 3 is 2.75 bits per heavy atom. The number of rotatable bonds is 7. The Labute approximate surface area is 121 Å². The van der Waals surface area contributed by atoms with Crippen molar-refractivity contribution in [2.75, 3.05) is 13.1 Å². The lowest BCUT2D eigenvalue weighted by Crippen LogP contribution is -2.46. The van der Waals surface area contributed by atoms with E-state index in [1.54, 1.807) is 17.5 Å². The largest absolute Gasteiger partial charge is 0.481 e. The topological polar surface area (TPSA) is 91.3 Å². The molecule has 1 heterocycles. The van der Waals surface area contributed by atoms with Crippen molar-refractivity contribution < 1.29 is 14.7 Å². The fraction of sp³-hybridized carbons (Fsp3) is 0.615. The third kappa shape index (κ3) is 4.19. The van der Waals surface area contributed by atoms with Crippen LogP contribution in [0.15, 0.2) is 11.6 Å². The normalized spacial score (nSPS) is 16.2. The number of thiazole rings is 1. The van der Waals surface area contributed by atoms with Gasteiger partial charge in [0.2, 0.25) is 0 Å². The summed E-state index contributed by atoms with van der Waals surface area (Å²) < 4.78 is 0. The Kier molecular flexibility index (Phi) is 4.94. The van der Waals surface area contributed by atoms with Gasteiger partial charge in [0.1, 0.15) is 0 Å². The number of amides is 2. The summed E-state index contributed by atoms with van der Waals surface area (Å²) in [6, 6.07) is -0.238. The quantitative estimate of drug-likeness (QED) is 0.713. The summed E-state index contributed by atoms with van der Waals surface area (Å²) in [5.74, 6) is -0.796. The van der Waals surface area contributed by atoms with E-state index in [1.165, 1.54) is 0 Å². The summed E-state index contributed by atoms with van der Waals surface area (Å²) in [6.45, 7) is 0.966. The molecule has 1 aliphatic carbocycles. The van der Waals surface area contributed by atoms with Crippen molar-refractivity contribution in [3.63, 3.8) is 0 Å². The number of aliphatic carboxylic acids is 1. The molecule has 3 N–H and O–H groups in total. The van der Waals surface area contributed by atoms with Crippen LogP contribution in [0.25, 0.3) is 0 Å². The third-order valence-corrected chi connectivity index (χ3v) is 4.51. The second kappa shape index (κ2) is 6.69. The number of hydrogen-bond donors (Lipinski definition) is 3. The molecule has 1 aromatic rings. The van der Waals surface area contributed by atoms with Crippen LogP contribution in [0.3, 0.4) is 0 Å². The van der Waals surface area contributed by atoms with Gasteiger partial charge in [0.05, 0.1) is 11.4 Å². The minimum Gasteiger partial charge on any atom is -0.481 e. The number of carboxylic acid groups (broad SMARTS) is 1. The Balaban J connectivity index is 1.65. The zero-order valence-corrected chi connectivity index (χ0v) is 12.0. The van der Waals surface area contributed by atoms with Crippen LogP contribution in [0.1, 0.15) is 30.7 Å². The van der Waals surface area contributed by atoms with Gasteiger partial charge in [0.15, 0.2) is 0 Å². The zero-order chi connectivity index (χ0) is 14.4. The van der Waals surface area contributed by atoms with Crippen LogP contribution in [0.4, 0.5) is 4.79 Å². The first kappa shape index (κ1) is 14.8. The van der Waals surface area contributed by atoms with Gasteiger partial charge in [-0.15, -0.1) is 11.3 Å². The highest BCUT2D eigenvalue weighted by Gasteiger charge is 2.39. The van der Waals surface area contributed by atoms with Gasteiger partial charge in [-0.3, -0.25) is 4.79 Å². The molecule has 0 unspecified atom stereocenters. The van der Waals surface area contributed by atoms with E-state index in [9.17, 15) is 9.59 Å². The maximum absolute atomic E-state index is 11.7. The molecule has 0 bridgehead atoms. The molecular formula is C13H19N3O3S. The fourth-order valence-corrected chi connectivity index (χ4v) is 3.02. The molecule has 1 saturated carbocycles. The lowest BCUT2D eigenvalue weighted by molar-refractivity contribution is -0.141. The summed E-state index contributed by atoms with van der Waals surface area (Å²) in [7, 11) is 0. The number of carbonyl (C=O) groups excluding carboxylic acids is 1. The van der Waals surface area contributed by atoms with Gasteiger partial charge in [0.25, 0.3) is 0 Å². The Morgan fingerprint density at radius 2 is 2.20 bits per heavy atom. The molecule has 20 heavy (non-hydrogen) atoms. The van der Waals surface area contributed by atoms with Crippen molar-refractivity contribution in [2.24, 2.45) is 5.41 Å². The van der Waals surface area contributed by atoms with E-state index in [0.29, 0.717) is 19.5 Å². The molecule has 2 rings (SSSR count). The fourth-order valence-electron chi connectivity index (χ4n) is 2.40. The number of nitrogens with zero attached hydrogens (tertiary/aromatic N) is 1. The van der Waals surface area contributed by atoms with E-state index in [0.717, 1.165) is 24.3 Å². The van der Waals surface area contributed by atoms with Crippen molar-refractivity contribution >= 4 is 23.3 Å². The maximum Gasteiger partial charge on any atom is 0.314 e. The average molecular weight is 297 g/mol. The smallest absolute Gasteiger partial charge is 0.314 e. The number of urea groups is 1. The van der Waals surface area contributed by atoms with E-state index in [-0.39, 0.29) is 17.9 Å². The van der Waals surface area contributed by atoms with Crippen LogP contribution < -0.4 is 10.6 Å². The lowest BCUT2D eigenvalue weighted by Gasteiger charge is -2.40. The monoisotopic (exact) mass is 297 g/mol. The second-order valence-electron chi connectivity index (χ2n) is 5.21. The summed E-state index contributed by atoms with van der Waals surface area (Å²) in [5, 5.41) is 17.3. The molecule has 2 amide bonds. The van der Waals surface area contributed by atoms with Crippen LogP contribution in [0.2, 0.25) is 0 Å². The van der Waals surface area contributed by atoms with E-state index in [2.05, 4.69) is 15.6 Å². The van der Waals surface area contributed by atoms with Gasteiger partial charge >= 0.3 is 12.0 Å². The highest BCUT2D eigenvalue weighted by atomic mass is 32.1. The molecule has 1 fully saturated rings. The summed E-state index contributed by atoms with van der Waals surface area (Å²) in [4.78, 5) is 26.6. The summed E-state index contributed by atoms with van der Waals surface area (Å²) >= 11 is 1.56. The first-order chi connectivity index (χ1) is 9.60. The minimum atomic E-state index is -0.796. The third-order valence-electron chi connectivity index (χ3n) is 3.67. The molecule has 7 heteroatoms. The van der Waals surface area contributed by atoms with E-state index in [4.69, 9.17) is 5.11 Å². The molecule has 0 saturated heterocycles. The predicted octanol–water partition coefficient (Wildman–Crippen LogP) is 1.63. The lowest BCUT2D eigenvalue weighted by atomic mass is 9.66. The molecule has 1 aliphatic rings. The number of aromatic nitrogens is 1. The number of hydrogen-bond acceptors (Lipinski definition) is 4. The maximum atomic E-state index is 11.7. The molecule has 110 valence electrons. The number of carboxylic acids is 1. The molecule has 0 radical (unpaired) electrons.